The Morgan fingerprint density at radius 1 is 1.07 bits per heavy atom. The second-order valence-electron chi connectivity index (χ2n) is 6.98. The predicted molar refractivity (Wildman–Crippen MR) is 107 cm³/mol. The largest absolute Gasteiger partial charge is 0.416 e. The lowest BCUT2D eigenvalue weighted by atomic mass is 10.1. The van der Waals surface area contributed by atoms with Gasteiger partial charge < -0.3 is 4.90 Å². The summed E-state index contributed by atoms with van der Waals surface area (Å²) in [5.41, 5.74) is 1.17. The van der Waals surface area contributed by atoms with E-state index in [9.17, 15) is 13.2 Å². The summed E-state index contributed by atoms with van der Waals surface area (Å²) in [6.07, 6.45) is -2.37. The van der Waals surface area contributed by atoms with Crippen molar-refractivity contribution in [3.63, 3.8) is 0 Å². The van der Waals surface area contributed by atoms with Crippen LogP contribution in [0.5, 0.6) is 0 Å². The van der Waals surface area contributed by atoms with Gasteiger partial charge in [-0.3, -0.25) is 0 Å². The van der Waals surface area contributed by atoms with E-state index in [0.29, 0.717) is 16.9 Å². The van der Waals surface area contributed by atoms with Crippen LogP contribution in [0.2, 0.25) is 0 Å². The Hall–Kier alpha value is -3.16. The van der Waals surface area contributed by atoms with Crippen molar-refractivity contribution in [2.45, 2.75) is 25.9 Å². The van der Waals surface area contributed by atoms with Gasteiger partial charge in [0.2, 0.25) is 0 Å². The fourth-order valence-corrected chi connectivity index (χ4v) is 3.37. The van der Waals surface area contributed by atoms with E-state index >= 15 is 0 Å². The van der Waals surface area contributed by atoms with E-state index < -0.39 is 11.7 Å². The van der Waals surface area contributed by atoms with Gasteiger partial charge in [0.05, 0.1) is 11.1 Å². The van der Waals surface area contributed by atoms with Gasteiger partial charge in [0.25, 0.3) is 0 Å². The first kappa shape index (κ1) is 19.2. The minimum atomic E-state index is -4.43. The minimum absolute atomic E-state index is 0.326. The van der Waals surface area contributed by atoms with Gasteiger partial charge in [0.1, 0.15) is 11.5 Å². The Morgan fingerprint density at radius 3 is 2.62 bits per heavy atom. The first-order chi connectivity index (χ1) is 13.9. The molecule has 2 heterocycles. The molecule has 0 aliphatic carbocycles. The smallest absolute Gasteiger partial charge is 0.359 e. The molecule has 0 saturated carbocycles. The number of anilines is 1. The van der Waals surface area contributed by atoms with Crippen molar-refractivity contribution in [1.82, 2.24) is 19.8 Å². The van der Waals surface area contributed by atoms with Crippen LogP contribution in [0.4, 0.5) is 19.0 Å². The average molecular weight is 399 g/mol. The van der Waals surface area contributed by atoms with Crippen LogP contribution in [0.1, 0.15) is 25.3 Å². The van der Waals surface area contributed by atoms with E-state index in [1.807, 2.05) is 31.3 Å². The van der Waals surface area contributed by atoms with Gasteiger partial charge in [-0.2, -0.15) is 17.7 Å². The molecular formula is C21H20F3N5. The summed E-state index contributed by atoms with van der Waals surface area (Å²) in [4.78, 5) is 6.83. The molecular weight excluding hydrogens is 379 g/mol. The van der Waals surface area contributed by atoms with E-state index in [1.54, 1.807) is 10.6 Å². The number of nitrogens with zero attached hydrogens (tertiary/aromatic N) is 5. The molecule has 0 amide bonds. The van der Waals surface area contributed by atoms with Crippen LogP contribution in [-0.2, 0) is 6.18 Å². The van der Waals surface area contributed by atoms with Crippen LogP contribution in [0.25, 0.3) is 27.8 Å². The van der Waals surface area contributed by atoms with Crippen molar-refractivity contribution in [2.75, 3.05) is 18.5 Å². The highest BCUT2D eigenvalue weighted by atomic mass is 19.4. The molecule has 4 aromatic rings. The highest BCUT2D eigenvalue weighted by molar-refractivity contribution is 5.93. The third-order valence-corrected chi connectivity index (χ3v) is 4.90. The molecule has 0 atom stereocenters. The second kappa shape index (κ2) is 7.35. The van der Waals surface area contributed by atoms with Crippen molar-refractivity contribution in [3.8, 4) is 11.3 Å². The third-order valence-electron chi connectivity index (χ3n) is 4.90. The van der Waals surface area contributed by atoms with Crippen LogP contribution in [-0.4, -0.2) is 33.4 Å². The van der Waals surface area contributed by atoms with E-state index in [4.69, 9.17) is 4.98 Å². The molecule has 8 heteroatoms. The standard InChI is InChI=1S/C21H20F3N5/c1-3-4-12-28(2)19-16-10-5-6-11-17(16)29-20(25-19)18(26-27-29)14-8-7-9-15(13-14)21(22,23)24/h5-11,13H,3-4,12H2,1-2H3. The fraction of sp³-hybridized carbons (Fsp3) is 0.286. The number of hydrogen-bond donors (Lipinski definition) is 0. The van der Waals surface area contributed by atoms with E-state index in [0.717, 1.165) is 48.2 Å². The summed E-state index contributed by atoms with van der Waals surface area (Å²) in [5, 5.41) is 9.26. The first-order valence-electron chi connectivity index (χ1n) is 9.43. The Balaban J connectivity index is 1.93. The summed E-state index contributed by atoms with van der Waals surface area (Å²) < 4.78 is 41.1. The maximum absolute atomic E-state index is 13.2. The monoisotopic (exact) mass is 399 g/mol. The minimum Gasteiger partial charge on any atom is -0.359 e. The normalized spacial score (nSPS) is 12.0. The Bertz CT molecular complexity index is 1170. The Kier molecular flexibility index (Phi) is 4.86. The first-order valence-corrected chi connectivity index (χ1v) is 9.43. The Morgan fingerprint density at radius 2 is 1.86 bits per heavy atom. The summed E-state index contributed by atoms with van der Waals surface area (Å²) in [7, 11) is 1.97. The van der Waals surface area contributed by atoms with Crippen molar-refractivity contribution >= 4 is 22.4 Å². The molecule has 5 nitrogen and oxygen atoms in total. The molecule has 0 aliphatic heterocycles. The van der Waals surface area contributed by atoms with Crippen LogP contribution in [0, 0.1) is 0 Å². The van der Waals surface area contributed by atoms with Crippen LogP contribution in [0.15, 0.2) is 48.5 Å². The predicted octanol–water partition coefficient (Wildman–Crippen LogP) is 5.20. The summed E-state index contributed by atoms with van der Waals surface area (Å²) >= 11 is 0. The van der Waals surface area contributed by atoms with Gasteiger partial charge in [0, 0.05) is 24.5 Å². The lowest BCUT2D eigenvalue weighted by Gasteiger charge is -2.20. The van der Waals surface area contributed by atoms with Crippen LogP contribution >= 0.6 is 0 Å². The molecule has 0 bridgehead atoms. The number of benzene rings is 2. The van der Waals surface area contributed by atoms with Crippen molar-refractivity contribution < 1.29 is 13.2 Å². The summed E-state index contributed by atoms with van der Waals surface area (Å²) in [6.45, 7) is 2.94. The van der Waals surface area contributed by atoms with Gasteiger partial charge in [-0.25, -0.2) is 4.98 Å². The molecule has 0 N–H and O–H groups in total. The average Bonchev–Trinajstić information content (AvgIpc) is 3.15. The molecule has 4 rings (SSSR count). The SMILES string of the molecule is CCCCN(C)c1nc2c(-c3cccc(C(F)(F)F)c3)nnn2c2ccccc12. The van der Waals surface area contributed by atoms with Gasteiger partial charge in [-0.1, -0.05) is 42.8 Å². The van der Waals surface area contributed by atoms with Crippen molar-refractivity contribution in [1.29, 1.82) is 0 Å². The zero-order valence-electron chi connectivity index (χ0n) is 16.1. The quantitative estimate of drug-likeness (QED) is 0.463. The highest BCUT2D eigenvalue weighted by Crippen LogP contribution is 2.34. The zero-order valence-corrected chi connectivity index (χ0v) is 16.1. The fourth-order valence-electron chi connectivity index (χ4n) is 3.37. The van der Waals surface area contributed by atoms with Gasteiger partial charge in [-0.15, -0.1) is 5.10 Å². The van der Waals surface area contributed by atoms with E-state index in [-0.39, 0.29) is 0 Å². The number of fused-ring (bicyclic) bond motifs is 3. The maximum atomic E-state index is 13.2. The summed E-state index contributed by atoms with van der Waals surface area (Å²) in [6, 6.07) is 12.8. The number of hydrogen-bond acceptors (Lipinski definition) is 4. The molecule has 0 saturated heterocycles. The molecule has 2 aromatic heterocycles. The summed E-state index contributed by atoms with van der Waals surface area (Å²) in [5.74, 6) is 0.761. The lowest BCUT2D eigenvalue weighted by molar-refractivity contribution is -0.137. The molecule has 150 valence electrons. The van der Waals surface area contributed by atoms with E-state index in [2.05, 4.69) is 22.1 Å². The third kappa shape index (κ3) is 3.50. The number of unbranched alkanes of at least 4 members (excludes halogenated alkanes) is 1. The zero-order chi connectivity index (χ0) is 20.6. The molecule has 0 aliphatic rings. The van der Waals surface area contributed by atoms with Gasteiger partial charge in [-0.05, 0) is 30.7 Å². The maximum Gasteiger partial charge on any atom is 0.416 e. The number of aromatic nitrogens is 4. The van der Waals surface area contributed by atoms with Crippen molar-refractivity contribution in [2.24, 2.45) is 0 Å². The molecule has 2 aromatic carbocycles. The lowest BCUT2D eigenvalue weighted by Crippen LogP contribution is -2.20. The van der Waals surface area contributed by atoms with Crippen LogP contribution in [0.3, 0.4) is 0 Å². The molecule has 0 fully saturated rings. The molecule has 29 heavy (non-hydrogen) atoms. The topological polar surface area (TPSA) is 46.3 Å². The van der Waals surface area contributed by atoms with E-state index in [1.165, 1.54) is 6.07 Å². The molecule has 0 unspecified atom stereocenters. The highest BCUT2D eigenvalue weighted by Gasteiger charge is 2.31. The number of alkyl halides is 3. The second-order valence-corrected chi connectivity index (χ2v) is 6.98. The van der Waals surface area contributed by atoms with Crippen LogP contribution < -0.4 is 4.90 Å². The van der Waals surface area contributed by atoms with Crippen molar-refractivity contribution in [3.05, 3.63) is 54.1 Å². The van der Waals surface area contributed by atoms with Gasteiger partial charge in [0.15, 0.2) is 5.65 Å². The Labute approximate surface area is 165 Å². The molecule has 0 spiro atoms. The van der Waals surface area contributed by atoms with Gasteiger partial charge >= 0.3 is 6.18 Å². The number of halogens is 3. The molecule has 0 radical (unpaired) electrons. The number of rotatable bonds is 5. The number of para-hydroxylation sites is 1.